The van der Waals surface area contributed by atoms with Crippen LogP contribution in [0.5, 0.6) is 0 Å². The second-order valence-electron chi connectivity index (χ2n) is 5.32. The van der Waals surface area contributed by atoms with Crippen molar-refractivity contribution >= 4 is 23.6 Å². The molecule has 2 aliphatic rings. The summed E-state index contributed by atoms with van der Waals surface area (Å²) >= 11 is 0. The minimum Gasteiger partial charge on any atom is -0.379 e. The summed E-state index contributed by atoms with van der Waals surface area (Å²) in [6, 6.07) is -0.975. The maximum atomic E-state index is 12.6. The van der Waals surface area contributed by atoms with Gasteiger partial charge in [-0.2, -0.15) is 4.90 Å². The molecule has 0 spiro atoms. The van der Waals surface area contributed by atoms with Gasteiger partial charge in [-0.05, 0) is 6.92 Å². The van der Waals surface area contributed by atoms with E-state index in [0.717, 1.165) is 9.48 Å². The first-order chi connectivity index (χ1) is 9.86. The summed E-state index contributed by atoms with van der Waals surface area (Å²) in [6.07, 6.45) is 0. The Hall–Kier alpha value is -1.80. The van der Waals surface area contributed by atoms with Gasteiger partial charge in [0.15, 0.2) is 11.7 Å². The second-order valence-corrected chi connectivity index (χ2v) is 5.32. The van der Waals surface area contributed by atoms with Crippen LogP contribution < -0.4 is 5.73 Å². The summed E-state index contributed by atoms with van der Waals surface area (Å²) in [5, 5.41) is 0. The first-order valence-corrected chi connectivity index (χ1v) is 6.89. The van der Waals surface area contributed by atoms with Crippen molar-refractivity contribution in [3.63, 3.8) is 0 Å². The number of nitrogens with zero attached hydrogens (tertiary/aromatic N) is 3. The lowest BCUT2D eigenvalue weighted by Crippen LogP contribution is -2.60. The SMILES string of the molecule is CC(C(=O)C1C(=O)N(C)C(=O)[N+](C)=C1N)N1CCOCC1. The van der Waals surface area contributed by atoms with Crippen molar-refractivity contribution < 1.29 is 23.7 Å². The van der Waals surface area contributed by atoms with Crippen molar-refractivity contribution in [1.29, 1.82) is 0 Å². The van der Waals surface area contributed by atoms with Crippen LogP contribution in [-0.2, 0) is 14.3 Å². The highest BCUT2D eigenvalue weighted by Crippen LogP contribution is 2.16. The maximum Gasteiger partial charge on any atom is 0.445 e. The summed E-state index contributed by atoms with van der Waals surface area (Å²) in [6.45, 7) is 4.16. The molecule has 0 aromatic rings. The average molecular weight is 297 g/mol. The Morgan fingerprint density at radius 1 is 1.38 bits per heavy atom. The fraction of sp³-hybridized carbons (Fsp3) is 0.692. The van der Waals surface area contributed by atoms with Crippen LogP contribution in [0, 0.1) is 5.92 Å². The standard InChI is InChI=1S/C13H20N4O4/c1-8(17-4-6-21-7-5-17)10(18)9-11(14)15(2)13(20)16(3)12(9)19/h8-9,14H,4-7H2,1-3H3/p+1. The molecule has 2 N–H and O–H groups in total. The van der Waals surface area contributed by atoms with Crippen LogP contribution >= 0.6 is 0 Å². The molecule has 0 aromatic carbocycles. The molecule has 116 valence electrons. The van der Waals surface area contributed by atoms with E-state index in [9.17, 15) is 14.4 Å². The van der Waals surface area contributed by atoms with Gasteiger partial charge in [0.25, 0.3) is 0 Å². The number of rotatable bonds is 3. The fourth-order valence-corrected chi connectivity index (χ4v) is 2.60. The first kappa shape index (κ1) is 15.6. The number of morpholine rings is 1. The smallest absolute Gasteiger partial charge is 0.379 e. The molecular weight excluding hydrogens is 276 g/mol. The number of urea groups is 1. The van der Waals surface area contributed by atoms with Crippen LogP contribution in [0.15, 0.2) is 0 Å². The highest BCUT2D eigenvalue weighted by atomic mass is 16.5. The topological polar surface area (TPSA) is 96.0 Å². The van der Waals surface area contributed by atoms with Gasteiger partial charge in [-0.3, -0.25) is 14.5 Å². The predicted octanol–water partition coefficient (Wildman–Crippen LogP) is -1.52. The van der Waals surface area contributed by atoms with Crippen molar-refractivity contribution in [2.45, 2.75) is 13.0 Å². The van der Waals surface area contributed by atoms with E-state index in [0.29, 0.717) is 26.3 Å². The Balaban J connectivity index is 2.24. The third-order valence-electron chi connectivity index (χ3n) is 4.12. The summed E-state index contributed by atoms with van der Waals surface area (Å²) in [5.74, 6) is -1.96. The molecule has 0 saturated carbocycles. The summed E-state index contributed by atoms with van der Waals surface area (Å²) in [4.78, 5) is 39.6. The lowest BCUT2D eigenvalue weighted by Gasteiger charge is -2.33. The van der Waals surface area contributed by atoms with E-state index < -0.39 is 23.9 Å². The van der Waals surface area contributed by atoms with Crippen LogP contribution in [0.1, 0.15) is 6.92 Å². The lowest BCUT2D eigenvalue weighted by molar-refractivity contribution is -0.407. The molecule has 2 aliphatic heterocycles. The number of nitrogens with two attached hydrogens (primary N) is 1. The largest absolute Gasteiger partial charge is 0.445 e. The molecular formula is C13H21N4O4+. The van der Waals surface area contributed by atoms with E-state index in [1.54, 1.807) is 6.92 Å². The zero-order valence-electron chi connectivity index (χ0n) is 12.5. The molecule has 3 amide bonds. The van der Waals surface area contributed by atoms with Gasteiger partial charge in [0.1, 0.15) is 0 Å². The third kappa shape index (κ3) is 2.68. The number of amides is 3. The number of amidine groups is 1. The van der Waals surface area contributed by atoms with E-state index in [2.05, 4.69) is 0 Å². The van der Waals surface area contributed by atoms with Crippen molar-refractivity contribution in [2.24, 2.45) is 11.7 Å². The molecule has 2 atom stereocenters. The van der Waals surface area contributed by atoms with Gasteiger partial charge < -0.3 is 10.5 Å². The van der Waals surface area contributed by atoms with Crippen LogP contribution in [0.2, 0.25) is 0 Å². The molecule has 0 radical (unpaired) electrons. The summed E-state index contributed by atoms with van der Waals surface area (Å²) < 4.78 is 6.40. The Morgan fingerprint density at radius 2 is 1.95 bits per heavy atom. The normalized spacial score (nSPS) is 26.2. The first-order valence-electron chi connectivity index (χ1n) is 6.89. The molecule has 21 heavy (non-hydrogen) atoms. The van der Waals surface area contributed by atoms with Crippen molar-refractivity contribution in [2.75, 3.05) is 40.4 Å². The Morgan fingerprint density at radius 3 is 2.52 bits per heavy atom. The molecule has 2 heterocycles. The average Bonchev–Trinajstić information content (AvgIpc) is 2.51. The zero-order valence-corrected chi connectivity index (χ0v) is 12.5. The van der Waals surface area contributed by atoms with Crippen molar-refractivity contribution in [1.82, 2.24) is 9.80 Å². The number of imide groups is 1. The molecule has 0 aliphatic carbocycles. The van der Waals surface area contributed by atoms with Gasteiger partial charge in [0.2, 0.25) is 5.84 Å². The third-order valence-corrected chi connectivity index (χ3v) is 4.12. The van der Waals surface area contributed by atoms with Crippen LogP contribution in [0.4, 0.5) is 4.79 Å². The summed E-state index contributed by atoms with van der Waals surface area (Å²) in [5.41, 5.74) is 5.84. The predicted molar refractivity (Wildman–Crippen MR) is 73.9 cm³/mol. The number of ketones is 1. The molecule has 1 saturated heterocycles. The molecule has 8 heteroatoms. The van der Waals surface area contributed by atoms with E-state index in [1.807, 2.05) is 4.90 Å². The maximum absolute atomic E-state index is 12.6. The van der Waals surface area contributed by atoms with Gasteiger partial charge in [-0.15, -0.1) is 0 Å². The number of hydrogen-bond donors (Lipinski definition) is 1. The van der Waals surface area contributed by atoms with Gasteiger partial charge in [-0.25, -0.2) is 9.37 Å². The van der Waals surface area contributed by atoms with Crippen molar-refractivity contribution in [3.8, 4) is 0 Å². The lowest BCUT2D eigenvalue weighted by atomic mass is 9.94. The Labute approximate surface area is 123 Å². The quantitative estimate of drug-likeness (QED) is 0.502. The highest BCUT2D eigenvalue weighted by molar-refractivity contribution is 6.23. The fourth-order valence-electron chi connectivity index (χ4n) is 2.60. The monoisotopic (exact) mass is 297 g/mol. The molecule has 1 fully saturated rings. The van der Waals surface area contributed by atoms with Gasteiger partial charge >= 0.3 is 11.9 Å². The molecule has 0 bridgehead atoms. The number of carbonyl (C=O) groups excluding carboxylic acids is 3. The molecule has 8 nitrogen and oxygen atoms in total. The zero-order chi connectivity index (χ0) is 15.7. The number of hydrogen-bond acceptors (Lipinski definition) is 6. The van der Waals surface area contributed by atoms with E-state index in [-0.39, 0.29) is 11.6 Å². The van der Waals surface area contributed by atoms with Crippen LogP contribution in [0.3, 0.4) is 0 Å². The molecule has 2 unspecified atom stereocenters. The Kier molecular flexibility index (Phi) is 4.38. The van der Waals surface area contributed by atoms with E-state index >= 15 is 0 Å². The van der Waals surface area contributed by atoms with Gasteiger partial charge in [0, 0.05) is 13.1 Å². The molecule has 2 rings (SSSR count). The Bertz CT molecular complexity index is 510. The minimum atomic E-state index is -1.10. The molecule has 0 aromatic heterocycles. The summed E-state index contributed by atoms with van der Waals surface area (Å²) in [7, 11) is 2.81. The highest BCUT2D eigenvalue weighted by Gasteiger charge is 2.48. The minimum absolute atomic E-state index is 0.00629. The number of carbonyl (C=O) groups is 3. The second kappa shape index (κ2) is 5.90. The van der Waals surface area contributed by atoms with E-state index in [4.69, 9.17) is 10.5 Å². The van der Waals surface area contributed by atoms with Gasteiger partial charge in [0.05, 0.1) is 33.4 Å². The van der Waals surface area contributed by atoms with E-state index in [1.165, 1.54) is 14.1 Å². The number of ether oxygens (including phenoxy) is 1. The van der Waals surface area contributed by atoms with Crippen LogP contribution in [-0.4, -0.2) is 84.4 Å². The van der Waals surface area contributed by atoms with Gasteiger partial charge in [-0.1, -0.05) is 0 Å². The van der Waals surface area contributed by atoms with Crippen molar-refractivity contribution in [3.05, 3.63) is 0 Å². The van der Waals surface area contributed by atoms with Crippen LogP contribution in [0.25, 0.3) is 0 Å². The number of Topliss-reactive ketones (excluding diaryl/α,β-unsaturated/α-hetero) is 1.